The summed E-state index contributed by atoms with van der Waals surface area (Å²) in [5.74, 6) is -1.13. The van der Waals surface area contributed by atoms with E-state index in [1.165, 1.54) is 70.6 Å². The number of nitrogens with one attached hydrogen (secondary N) is 3. The number of carbonyl (C=O) groups excluding carboxylic acids is 3. The highest BCUT2D eigenvalue weighted by molar-refractivity contribution is 5.83. The van der Waals surface area contributed by atoms with E-state index in [1.807, 2.05) is 18.7 Å². The minimum atomic E-state index is -0.815. The molecule has 0 aromatic carbocycles. The van der Waals surface area contributed by atoms with Gasteiger partial charge in [-0.25, -0.2) is 4.79 Å². The van der Waals surface area contributed by atoms with Crippen molar-refractivity contribution in [1.29, 1.82) is 0 Å². The van der Waals surface area contributed by atoms with Crippen LogP contribution in [0.5, 0.6) is 0 Å². The second kappa shape index (κ2) is 20.8. The molecule has 0 aliphatic carbocycles. The number of urea groups is 1. The Hall–Kier alpha value is -2.13. The van der Waals surface area contributed by atoms with Gasteiger partial charge in [-0.05, 0) is 58.8 Å². The molecule has 0 radical (unpaired) electrons. The molecule has 2 aliphatic heterocycles. The average molecular weight is 621 g/mol. The van der Waals surface area contributed by atoms with E-state index in [-0.39, 0.29) is 36.9 Å². The van der Waals surface area contributed by atoms with Gasteiger partial charge in [0.15, 0.2) is 5.79 Å². The van der Waals surface area contributed by atoms with Crippen LogP contribution in [0.15, 0.2) is 12.2 Å². The molecular weight excluding hydrogens is 556 g/mol. The molecule has 4 amide bonds. The molecule has 0 aromatic rings. The molecule has 254 valence electrons. The zero-order chi connectivity index (χ0) is 32.3. The van der Waals surface area contributed by atoms with E-state index in [0.717, 1.165) is 25.7 Å². The molecule has 1 unspecified atom stereocenters. The first-order valence-corrected chi connectivity index (χ1v) is 17.6. The molecule has 1 atom stereocenters. The monoisotopic (exact) mass is 620 g/mol. The molecule has 2 fully saturated rings. The Labute approximate surface area is 268 Å². The molecule has 2 aliphatic rings. The van der Waals surface area contributed by atoms with E-state index < -0.39 is 17.3 Å². The lowest BCUT2D eigenvalue weighted by molar-refractivity contribution is -0.304. The predicted octanol–water partition coefficient (Wildman–Crippen LogP) is 6.61. The molecule has 9 heteroatoms. The quantitative estimate of drug-likeness (QED) is 0.105. The number of hydrogen-bond acceptors (Lipinski definition) is 5. The highest BCUT2D eigenvalue weighted by atomic mass is 16.7. The molecule has 0 aromatic heterocycles. The normalized spacial score (nSPS) is 20.0. The maximum Gasteiger partial charge on any atom is 0.317 e. The average Bonchev–Trinajstić information content (AvgIpc) is 2.98. The van der Waals surface area contributed by atoms with Gasteiger partial charge in [0.2, 0.25) is 11.8 Å². The molecule has 0 saturated carbocycles. The van der Waals surface area contributed by atoms with Crippen molar-refractivity contribution in [2.24, 2.45) is 5.41 Å². The van der Waals surface area contributed by atoms with Crippen LogP contribution in [-0.4, -0.2) is 73.5 Å². The summed E-state index contributed by atoms with van der Waals surface area (Å²) in [5, 5.41) is 8.97. The van der Waals surface area contributed by atoms with Gasteiger partial charge in [-0.2, -0.15) is 0 Å². The van der Waals surface area contributed by atoms with Gasteiger partial charge in [0, 0.05) is 44.1 Å². The summed E-state index contributed by atoms with van der Waals surface area (Å²) >= 11 is 0. The van der Waals surface area contributed by atoms with E-state index in [9.17, 15) is 14.4 Å². The van der Waals surface area contributed by atoms with Crippen LogP contribution in [0.1, 0.15) is 137 Å². The van der Waals surface area contributed by atoms with Crippen LogP contribution in [0.4, 0.5) is 4.79 Å². The van der Waals surface area contributed by atoms with Crippen molar-refractivity contribution in [3.05, 3.63) is 12.2 Å². The summed E-state index contributed by atoms with van der Waals surface area (Å²) in [6.07, 6.45) is 22.2. The summed E-state index contributed by atoms with van der Waals surface area (Å²) < 4.78 is 11.5. The van der Waals surface area contributed by atoms with Crippen molar-refractivity contribution >= 4 is 17.8 Å². The lowest BCUT2D eigenvalue weighted by Gasteiger charge is -2.44. The minimum absolute atomic E-state index is 0.00516. The Morgan fingerprint density at radius 2 is 1.39 bits per heavy atom. The molecule has 0 spiro atoms. The smallest absolute Gasteiger partial charge is 0.317 e. The molecular formula is C35H64N4O5. The Morgan fingerprint density at radius 3 is 2.02 bits per heavy atom. The van der Waals surface area contributed by atoms with Crippen molar-refractivity contribution in [2.45, 2.75) is 155 Å². The van der Waals surface area contributed by atoms with Gasteiger partial charge in [-0.15, -0.1) is 0 Å². The number of ether oxygens (including phenoxy) is 2. The van der Waals surface area contributed by atoms with Gasteiger partial charge in [0.05, 0.1) is 6.61 Å². The molecule has 2 rings (SSSR count). The number of unbranched alkanes of at least 4 members (excludes halogenated alkanes) is 11. The molecule has 2 saturated heterocycles. The third-order valence-corrected chi connectivity index (χ3v) is 8.65. The van der Waals surface area contributed by atoms with Crippen LogP contribution in [0.25, 0.3) is 0 Å². The van der Waals surface area contributed by atoms with Crippen LogP contribution < -0.4 is 16.0 Å². The topological polar surface area (TPSA) is 109 Å². The van der Waals surface area contributed by atoms with Crippen LogP contribution in [0, 0.1) is 5.41 Å². The first kappa shape index (κ1) is 38.1. The molecule has 9 nitrogen and oxygen atoms in total. The first-order valence-electron chi connectivity index (χ1n) is 17.6. The fourth-order valence-electron chi connectivity index (χ4n) is 5.74. The fraction of sp³-hybridized carbons (Fsp3) is 0.857. The molecule has 2 heterocycles. The standard InChI is InChI=1S/C35H64N4O5/c1-6-7-8-9-10-11-12-13-14-15-16-17-18-19-20-24-37-33(42)39-26-22-29(23-27-39)38-30(40)21-25-36-32(41)31-34(2,3)28-43-35(4,5)44-31/h13-14,29,31H,6-12,15-28H2,1-5H3,(H,36,41)(H,37,42)(H,38,40)/b14-13+. The van der Waals surface area contributed by atoms with Crippen LogP contribution in [-0.2, 0) is 19.1 Å². The molecule has 0 bridgehead atoms. The highest BCUT2D eigenvalue weighted by Crippen LogP contribution is 2.34. The fourth-order valence-corrected chi connectivity index (χ4v) is 5.74. The van der Waals surface area contributed by atoms with E-state index in [2.05, 4.69) is 35.0 Å². The van der Waals surface area contributed by atoms with Crippen LogP contribution in [0.2, 0.25) is 0 Å². The van der Waals surface area contributed by atoms with Crippen LogP contribution >= 0.6 is 0 Å². The van der Waals surface area contributed by atoms with E-state index >= 15 is 0 Å². The second-order valence-corrected chi connectivity index (χ2v) is 13.9. The zero-order valence-electron chi connectivity index (χ0n) is 28.6. The van der Waals surface area contributed by atoms with E-state index in [0.29, 0.717) is 26.2 Å². The summed E-state index contributed by atoms with van der Waals surface area (Å²) in [5.41, 5.74) is -0.452. The number of nitrogens with zero attached hydrogens (tertiary/aromatic N) is 1. The van der Waals surface area contributed by atoms with Gasteiger partial charge >= 0.3 is 6.03 Å². The number of likely N-dealkylation sites (tertiary alicyclic amines) is 1. The lowest BCUT2D eigenvalue weighted by Crippen LogP contribution is -2.56. The first-order chi connectivity index (χ1) is 21.0. The maximum absolute atomic E-state index is 12.7. The molecule has 3 N–H and O–H groups in total. The summed E-state index contributed by atoms with van der Waals surface area (Å²) in [6, 6.07) is 0.0422. The van der Waals surface area contributed by atoms with Crippen LogP contribution in [0.3, 0.4) is 0 Å². The number of amides is 4. The van der Waals surface area contributed by atoms with Crippen molar-refractivity contribution in [3.63, 3.8) is 0 Å². The number of rotatable bonds is 20. The largest absolute Gasteiger partial charge is 0.353 e. The van der Waals surface area contributed by atoms with Gasteiger partial charge in [0.1, 0.15) is 6.10 Å². The van der Waals surface area contributed by atoms with Crippen molar-refractivity contribution in [1.82, 2.24) is 20.9 Å². The van der Waals surface area contributed by atoms with Crippen molar-refractivity contribution < 1.29 is 23.9 Å². The number of piperidine rings is 1. The predicted molar refractivity (Wildman–Crippen MR) is 177 cm³/mol. The zero-order valence-corrected chi connectivity index (χ0v) is 28.6. The van der Waals surface area contributed by atoms with Gasteiger partial charge in [0.25, 0.3) is 0 Å². The van der Waals surface area contributed by atoms with Gasteiger partial charge in [-0.1, -0.05) is 84.3 Å². The highest BCUT2D eigenvalue weighted by Gasteiger charge is 2.45. The Bertz CT molecular complexity index is 867. The maximum atomic E-state index is 12.7. The third-order valence-electron chi connectivity index (χ3n) is 8.65. The second-order valence-electron chi connectivity index (χ2n) is 13.9. The number of allylic oxidation sites excluding steroid dienone is 2. The van der Waals surface area contributed by atoms with E-state index in [4.69, 9.17) is 9.47 Å². The number of carbonyl (C=O) groups is 3. The lowest BCUT2D eigenvalue weighted by atomic mass is 9.85. The van der Waals surface area contributed by atoms with Crippen molar-refractivity contribution in [2.75, 3.05) is 32.8 Å². The molecule has 44 heavy (non-hydrogen) atoms. The number of hydrogen-bond donors (Lipinski definition) is 3. The third kappa shape index (κ3) is 15.7. The van der Waals surface area contributed by atoms with Gasteiger partial charge in [-0.3, -0.25) is 9.59 Å². The Morgan fingerprint density at radius 1 is 0.795 bits per heavy atom. The summed E-state index contributed by atoms with van der Waals surface area (Å²) in [7, 11) is 0. The summed E-state index contributed by atoms with van der Waals surface area (Å²) in [6.45, 7) is 12.4. The Kier molecular flexibility index (Phi) is 18.0. The Balaban J connectivity index is 1.45. The summed E-state index contributed by atoms with van der Waals surface area (Å²) in [4.78, 5) is 39.6. The van der Waals surface area contributed by atoms with Crippen molar-refractivity contribution in [3.8, 4) is 0 Å². The van der Waals surface area contributed by atoms with Gasteiger partial charge < -0.3 is 30.3 Å². The SMILES string of the molecule is CCCCCCCC/C=C/CCCCCCCNC(=O)N1CCC(NC(=O)CCNC(=O)C2OC(C)(C)OCC2(C)C)CC1. The minimum Gasteiger partial charge on any atom is -0.353 e. The van der Waals surface area contributed by atoms with E-state index in [1.54, 1.807) is 13.8 Å².